The van der Waals surface area contributed by atoms with E-state index in [9.17, 15) is 4.79 Å². The second kappa shape index (κ2) is 6.08. The molecule has 1 aliphatic rings. The molecule has 0 spiro atoms. The number of hydrogen-bond acceptors (Lipinski definition) is 3. The number of hydrazine groups is 1. The minimum atomic E-state index is -0.0528. The number of rotatable bonds is 3. The third-order valence-corrected chi connectivity index (χ3v) is 3.65. The molecule has 108 valence electrons. The van der Waals surface area contributed by atoms with Crippen molar-refractivity contribution in [3.8, 4) is 11.1 Å². The molecule has 0 bridgehead atoms. The molecule has 1 aliphatic heterocycles. The van der Waals surface area contributed by atoms with Crippen LogP contribution in [0.1, 0.15) is 23.7 Å². The van der Waals surface area contributed by atoms with Crippen molar-refractivity contribution in [3.63, 3.8) is 0 Å². The Morgan fingerprint density at radius 1 is 1.00 bits per heavy atom. The quantitative estimate of drug-likeness (QED) is 0.809. The van der Waals surface area contributed by atoms with Crippen molar-refractivity contribution in [3.05, 3.63) is 60.2 Å². The van der Waals surface area contributed by atoms with Crippen LogP contribution in [0.4, 0.5) is 0 Å². The Morgan fingerprint density at radius 3 is 2.29 bits per heavy atom. The Bertz CT molecular complexity index is 610. The number of carbonyl (C=O) groups excluding carboxylic acids is 1. The van der Waals surface area contributed by atoms with Gasteiger partial charge in [-0.3, -0.25) is 10.2 Å². The summed E-state index contributed by atoms with van der Waals surface area (Å²) < 4.78 is 0. The van der Waals surface area contributed by atoms with Crippen molar-refractivity contribution in [1.29, 1.82) is 0 Å². The first-order valence-electron chi connectivity index (χ1n) is 7.20. The molecule has 3 N–H and O–H groups in total. The Balaban J connectivity index is 1.68. The molecule has 2 aromatic rings. The topological polar surface area (TPSA) is 53.2 Å². The van der Waals surface area contributed by atoms with E-state index in [4.69, 9.17) is 0 Å². The van der Waals surface area contributed by atoms with E-state index in [1.54, 1.807) is 0 Å². The zero-order valence-electron chi connectivity index (χ0n) is 12.0. The van der Waals surface area contributed by atoms with Gasteiger partial charge in [-0.25, -0.2) is 5.43 Å². The predicted octanol–water partition coefficient (Wildman–Crippen LogP) is 2.30. The van der Waals surface area contributed by atoms with Gasteiger partial charge in [0.05, 0.1) is 6.17 Å². The zero-order chi connectivity index (χ0) is 14.7. The SMILES string of the molecule is CC1CC(NC(=O)c2ccc(-c3ccccc3)cc2)NN1. The van der Waals surface area contributed by atoms with Gasteiger partial charge in [0.25, 0.3) is 5.91 Å². The van der Waals surface area contributed by atoms with E-state index in [0.29, 0.717) is 11.6 Å². The summed E-state index contributed by atoms with van der Waals surface area (Å²) in [7, 11) is 0. The van der Waals surface area contributed by atoms with Gasteiger partial charge in [0.15, 0.2) is 0 Å². The van der Waals surface area contributed by atoms with E-state index in [1.165, 1.54) is 0 Å². The minimum Gasteiger partial charge on any atom is -0.335 e. The van der Waals surface area contributed by atoms with Crippen molar-refractivity contribution in [1.82, 2.24) is 16.2 Å². The van der Waals surface area contributed by atoms with E-state index >= 15 is 0 Å². The molecule has 1 fully saturated rings. The van der Waals surface area contributed by atoms with Crippen molar-refractivity contribution in [2.75, 3.05) is 0 Å². The first-order valence-corrected chi connectivity index (χ1v) is 7.20. The van der Waals surface area contributed by atoms with Gasteiger partial charge in [-0.15, -0.1) is 0 Å². The van der Waals surface area contributed by atoms with Crippen molar-refractivity contribution >= 4 is 5.91 Å². The summed E-state index contributed by atoms with van der Waals surface area (Å²) in [6.07, 6.45) is 0.870. The van der Waals surface area contributed by atoms with Crippen LogP contribution in [0.15, 0.2) is 54.6 Å². The average Bonchev–Trinajstić information content (AvgIpc) is 2.93. The van der Waals surface area contributed by atoms with Crippen LogP contribution < -0.4 is 16.2 Å². The summed E-state index contributed by atoms with van der Waals surface area (Å²) in [4.78, 5) is 12.2. The second-order valence-electron chi connectivity index (χ2n) is 5.39. The van der Waals surface area contributed by atoms with E-state index in [-0.39, 0.29) is 12.1 Å². The van der Waals surface area contributed by atoms with Gasteiger partial charge in [-0.1, -0.05) is 42.5 Å². The lowest BCUT2D eigenvalue weighted by Gasteiger charge is -2.12. The summed E-state index contributed by atoms with van der Waals surface area (Å²) in [5, 5.41) is 2.97. The molecule has 4 heteroatoms. The van der Waals surface area contributed by atoms with Crippen molar-refractivity contribution < 1.29 is 4.79 Å². The maximum Gasteiger partial charge on any atom is 0.252 e. The first kappa shape index (κ1) is 13.8. The Kier molecular flexibility index (Phi) is 3.99. The fourth-order valence-electron chi connectivity index (χ4n) is 2.50. The second-order valence-corrected chi connectivity index (χ2v) is 5.39. The third-order valence-electron chi connectivity index (χ3n) is 3.65. The lowest BCUT2D eigenvalue weighted by molar-refractivity contribution is 0.0932. The lowest BCUT2D eigenvalue weighted by atomic mass is 10.0. The smallest absolute Gasteiger partial charge is 0.252 e. The maximum atomic E-state index is 12.2. The largest absolute Gasteiger partial charge is 0.335 e. The van der Waals surface area contributed by atoms with Crippen LogP contribution in [0.2, 0.25) is 0 Å². The van der Waals surface area contributed by atoms with Gasteiger partial charge in [-0.2, -0.15) is 0 Å². The molecule has 1 heterocycles. The lowest BCUT2D eigenvalue weighted by Crippen LogP contribution is -2.44. The number of amides is 1. The standard InChI is InChI=1S/C17H19N3O/c1-12-11-16(20-19-12)18-17(21)15-9-7-14(8-10-15)13-5-3-2-4-6-13/h2-10,12,16,19-20H,11H2,1H3,(H,18,21). The monoisotopic (exact) mass is 281 g/mol. The van der Waals surface area contributed by atoms with Gasteiger partial charge in [0, 0.05) is 11.6 Å². The molecular weight excluding hydrogens is 262 g/mol. The Morgan fingerprint density at radius 2 is 1.67 bits per heavy atom. The van der Waals surface area contributed by atoms with Crippen molar-refractivity contribution in [2.24, 2.45) is 0 Å². The molecule has 2 unspecified atom stereocenters. The van der Waals surface area contributed by atoms with E-state index in [1.807, 2.05) is 42.5 Å². The highest BCUT2D eigenvalue weighted by Gasteiger charge is 2.21. The van der Waals surface area contributed by atoms with Crippen LogP contribution >= 0.6 is 0 Å². The van der Waals surface area contributed by atoms with E-state index in [0.717, 1.165) is 17.5 Å². The summed E-state index contributed by atoms with van der Waals surface area (Å²) >= 11 is 0. The number of benzene rings is 2. The molecule has 0 radical (unpaired) electrons. The molecule has 0 aromatic heterocycles. The van der Waals surface area contributed by atoms with Crippen LogP contribution in [0.3, 0.4) is 0 Å². The zero-order valence-corrected chi connectivity index (χ0v) is 12.0. The molecule has 4 nitrogen and oxygen atoms in total. The van der Waals surface area contributed by atoms with Crippen LogP contribution in [0.25, 0.3) is 11.1 Å². The third kappa shape index (κ3) is 3.29. The van der Waals surface area contributed by atoms with Gasteiger partial charge in [-0.05, 0) is 36.6 Å². The average molecular weight is 281 g/mol. The molecule has 2 atom stereocenters. The Hall–Kier alpha value is -2.17. The van der Waals surface area contributed by atoms with Crippen LogP contribution in [0.5, 0.6) is 0 Å². The fraction of sp³-hybridized carbons (Fsp3) is 0.235. The first-order chi connectivity index (χ1) is 10.2. The van der Waals surface area contributed by atoms with E-state index < -0.39 is 0 Å². The molecule has 2 aromatic carbocycles. The molecule has 0 aliphatic carbocycles. The van der Waals surface area contributed by atoms with E-state index in [2.05, 4.69) is 35.2 Å². The highest BCUT2D eigenvalue weighted by atomic mass is 16.1. The van der Waals surface area contributed by atoms with Crippen LogP contribution in [-0.2, 0) is 0 Å². The van der Waals surface area contributed by atoms with Crippen LogP contribution in [-0.4, -0.2) is 18.1 Å². The number of nitrogens with one attached hydrogen (secondary N) is 3. The number of carbonyl (C=O) groups is 1. The highest BCUT2D eigenvalue weighted by Crippen LogP contribution is 2.19. The van der Waals surface area contributed by atoms with Gasteiger partial charge in [0.1, 0.15) is 0 Å². The number of hydrogen-bond donors (Lipinski definition) is 3. The fourth-order valence-corrected chi connectivity index (χ4v) is 2.50. The highest BCUT2D eigenvalue weighted by molar-refractivity contribution is 5.94. The molecule has 3 rings (SSSR count). The summed E-state index contributed by atoms with van der Waals surface area (Å²) in [6.45, 7) is 2.08. The van der Waals surface area contributed by atoms with Crippen LogP contribution in [0, 0.1) is 0 Å². The summed E-state index contributed by atoms with van der Waals surface area (Å²) in [5.41, 5.74) is 9.10. The maximum absolute atomic E-state index is 12.2. The Labute approximate surface area is 124 Å². The molecule has 1 amide bonds. The normalized spacial score (nSPS) is 21.2. The molecule has 21 heavy (non-hydrogen) atoms. The van der Waals surface area contributed by atoms with Gasteiger partial charge < -0.3 is 5.32 Å². The molecule has 0 saturated carbocycles. The minimum absolute atomic E-state index is 0.0127. The van der Waals surface area contributed by atoms with Gasteiger partial charge >= 0.3 is 0 Å². The van der Waals surface area contributed by atoms with Gasteiger partial charge in [0.2, 0.25) is 0 Å². The van der Waals surface area contributed by atoms with Crippen molar-refractivity contribution in [2.45, 2.75) is 25.6 Å². The molecular formula is C17H19N3O. The predicted molar refractivity (Wildman–Crippen MR) is 83.5 cm³/mol. The summed E-state index contributed by atoms with van der Waals surface area (Å²) in [6, 6.07) is 18.2. The summed E-state index contributed by atoms with van der Waals surface area (Å²) in [5.74, 6) is -0.0528. The molecule has 1 saturated heterocycles.